The monoisotopic (exact) mass is 249 g/mol. The molecule has 98 valence electrons. The van der Waals surface area contributed by atoms with Crippen LogP contribution >= 0.6 is 0 Å². The second kappa shape index (κ2) is 6.14. The van der Waals surface area contributed by atoms with Crippen LogP contribution in [-0.2, 0) is 4.79 Å². The normalized spacial score (nSPS) is 10.0. The van der Waals surface area contributed by atoms with Crippen molar-refractivity contribution >= 4 is 18.0 Å². The number of nitrogens with zero attached hydrogens (tertiary/aromatic N) is 3. The smallest absolute Gasteiger partial charge is 0.241 e. The van der Waals surface area contributed by atoms with Crippen molar-refractivity contribution in [1.82, 2.24) is 9.88 Å². The lowest BCUT2D eigenvalue weighted by atomic mass is 10.2. The molecule has 0 aliphatic carbocycles. The van der Waals surface area contributed by atoms with E-state index in [1.807, 2.05) is 18.7 Å². The van der Waals surface area contributed by atoms with E-state index in [0.29, 0.717) is 12.1 Å². The highest BCUT2D eigenvalue weighted by Gasteiger charge is 2.14. The highest BCUT2D eigenvalue weighted by Crippen LogP contribution is 2.17. The number of hydrogen-bond donors (Lipinski definition) is 0. The van der Waals surface area contributed by atoms with E-state index in [4.69, 9.17) is 0 Å². The van der Waals surface area contributed by atoms with Crippen molar-refractivity contribution in [3.05, 3.63) is 23.4 Å². The maximum atomic E-state index is 11.7. The topological polar surface area (TPSA) is 53.5 Å². The minimum absolute atomic E-state index is 0.0255. The number of likely N-dealkylation sites (N-methyl/N-ethyl adjacent to an activating group) is 2. The number of rotatable bonds is 5. The Kier molecular flexibility index (Phi) is 4.83. The minimum Gasteiger partial charge on any atom is -0.347 e. The number of aldehydes is 1. The van der Waals surface area contributed by atoms with Crippen LogP contribution < -0.4 is 4.90 Å². The molecule has 5 nitrogen and oxygen atoms in total. The molecule has 0 atom stereocenters. The summed E-state index contributed by atoms with van der Waals surface area (Å²) in [7, 11) is 3.46. The summed E-state index contributed by atoms with van der Waals surface area (Å²) in [4.78, 5) is 30.1. The van der Waals surface area contributed by atoms with E-state index in [2.05, 4.69) is 4.98 Å². The van der Waals surface area contributed by atoms with Crippen molar-refractivity contribution in [3.8, 4) is 0 Å². The highest BCUT2D eigenvalue weighted by atomic mass is 16.2. The molecule has 1 heterocycles. The van der Waals surface area contributed by atoms with Gasteiger partial charge >= 0.3 is 0 Å². The third-order valence-electron chi connectivity index (χ3n) is 2.71. The SMILES string of the molecule is CCN(CC(=O)N(C)C)c1ncc(C=O)cc1C. The lowest BCUT2D eigenvalue weighted by Crippen LogP contribution is -2.37. The molecule has 0 saturated carbocycles. The van der Waals surface area contributed by atoms with Crippen LogP contribution in [-0.4, -0.2) is 49.3 Å². The summed E-state index contributed by atoms with van der Waals surface area (Å²) in [5.74, 6) is 0.774. The Balaban J connectivity index is 2.95. The van der Waals surface area contributed by atoms with E-state index in [9.17, 15) is 9.59 Å². The number of pyridine rings is 1. The van der Waals surface area contributed by atoms with Crippen LogP contribution in [0.4, 0.5) is 5.82 Å². The molecule has 0 aliphatic heterocycles. The Labute approximate surface area is 107 Å². The lowest BCUT2D eigenvalue weighted by Gasteiger charge is -2.24. The molecule has 0 spiro atoms. The van der Waals surface area contributed by atoms with Gasteiger partial charge in [0.25, 0.3) is 0 Å². The Bertz CT molecular complexity index is 444. The van der Waals surface area contributed by atoms with Crippen LogP contribution in [0.2, 0.25) is 0 Å². The molecule has 0 bridgehead atoms. The van der Waals surface area contributed by atoms with Gasteiger partial charge < -0.3 is 9.80 Å². The molecule has 1 rings (SSSR count). The van der Waals surface area contributed by atoms with Gasteiger partial charge in [0.15, 0.2) is 6.29 Å². The predicted octanol–water partition coefficient (Wildman–Crippen LogP) is 1.12. The fourth-order valence-corrected chi connectivity index (χ4v) is 1.63. The van der Waals surface area contributed by atoms with Crippen molar-refractivity contribution in [2.45, 2.75) is 13.8 Å². The fraction of sp³-hybridized carbons (Fsp3) is 0.462. The standard InChI is InChI=1S/C13H19N3O2/c1-5-16(8-12(18)15(3)4)13-10(2)6-11(9-17)7-14-13/h6-7,9H,5,8H2,1-4H3. The molecule has 1 amide bonds. The van der Waals surface area contributed by atoms with E-state index >= 15 is 0 Å². The lowest BCUT2D eigenvalue weighted by molar-refractivity contribution is -0.127. The van der Waals surface area contributed by atoms with Crippen molar-refractivity contribution in [3.63, 3.8) is 0 Å². The van der Waals surface area contributed by atoms with Crippen LogP contribution in [0.25, 0.3) is 0 Å². The van der Waals surface area contributed by atoms with Gasteiger partial charge in [0.05, 0.1) is 6.54 Å². The molecule has 0 saturated heterocycles. The molecule has 1 aromatic heterocycles. The first-order valence-electron chi connectivity index (χ1n) is 5.86. The van der Waals surface area contributed by atoms with E-state index in [0.717, 1.165) is 17.7 Å². The predicted molar refractivity (Wildman–Crippen MR) is 70.9 cm³/mol. The van der Waals surface area contributed by atoms with Gasteiger partial charge in [-0.2, -0.15) is 0 Å². The summed E-state index contributed by atoms with van der Waals surface area (Å²) < 4.78 is 0. The van der Waals surface area contributed by atoms with Crippen LogP contribution in [0.3, 0.4) is 0 Å². The van der Waals surface area contributed by atoms with E-state index in [1.165, 1.54) is 6.20 Å². The summed E-state index contributed by atoms with van der Waals surface area (Å²) >= 11 is 0. The van der Waals surface area contributed by atoms with Crippen molar-refractivity contribution in [1.29, 1.82) is 0 Å². The average molecular weight is 249 g/mol. The zero-order chi connectivity index (χ0) is 13.7. The van der Waals surface area contributed by atoms with Crippen LogP contribution in [0, 0.1) is 6.92 Å². The third kappa shape index (κ3) is 3.29. The molecule has 0 N–H and O–H groups in total. The van der Waals surface area contributed by atoms with Gasteiger partial charge in [-0.25, -0.2) is 4.98 Å². The van der Waals surface area contributed by atoms with Gasteiger partial charge in [-0.05, 0) is 25.5 Å². The van der Waals surface area contributed by atoms with E-state index < -0.39 is 0 Å². The maximum absolute atomic E-state index is 11.7. The Hall–Kier alpha value is -1.91. The van der Waals surface area contributed by atoms with Crippen molar-refractivity contribution in [2.75, 3.05) is 32.1 Å². The van der Waals surface area contributed by atoms with Crippen LogP contribution in [0.15, 0.2) is 12.3 Å². The zero-order valence-electron chi connectivity index (χ0n) is 11.3. The van der Waals surface area contributed by atoms with E-state index in [1.54, 1.807) is 25.1 Å². The Morgan fingerprint density at radius 2 is 2.11 bits per heavy atom. The number of aryl methyl sites for hydroxylation is 1. The summed E-state index contributed by atoms with van der Waals surface area (Å²) in [5.41, 5.74) is 1.44. The second-order valence-electron chi connectivity index (χ2n) is 4.33. The fourth-order valence-electron chi connectivity index (χ4n) is 1.63. The average Bonchev–Trinajstić information content (AvgIpc) is 2.35. The summed E-state index contributed by atoms with van der Waals surface area (Å²) in [5, 5.41) is 0. The van der Waals surface area contributed by atoms with Gasteiger partial charge in [-0.1, -0.05) is 0 Å². The molecule has 5 heteroatoms. The maximum Gasteiger partial charge on any atom is 0.241 e. The molecule has 18 heavy (non-hydrogen) atoms. The van der Waals surface area contributed by atoms with Gasteiger partial charge in [0, 0.05) is 32.4 Å². The Morgan fingerprint density at radius 1 is 1.44 bits per heavy atom. The number of anilines is 1. The molecule has 0 aliphatic rings. The molecular formula is C13H19N3O2. The summed E-state index contributed by atoms with van der Waals surface area (Å²) in [6.07, 6.45) is 2.29. The molecule has 1 aromatic rings. The van der Waals surface area contributed by atoms with Crippen molar-refractivity contribution in [2.24, 2.45) is 0 Å². The number of aromatic nitrogens is 1. The first kappa shape index (κ1) is 14.2. The van der Waals surface area contributed by atoms with E-state index in [-0.39, 0.29) is 12.5 Å². The largest absolute Gasteiger partial charge is 0.347 e. The number of carbonyl (C=O) groups is 2. The molecule has 0 radical (unpaired) electrons. The number of hydrogen-bond acceptors (Lipinski definition) is 4. The molecule has 0 aromatic carbocycles. The first-order chi connectivity index (χ1) is 8.49. The van der Waals surface area contributed by atoms with Crippen molar-refractivity contribution < 1.29 is 9.59 Å². The van der Waals surface area contributed by atoms with Gasteiger partial charge in [-0.3, -0.25) is 9.59 Å². The summed E-state index contributed by atoms with van der Waals surface area (Å²) in [6, 6.07) is 1.78. The van der Waals surface area contributed by atoms with Gasteiger partial charge in [-0.15, -0.1) is 0 Å². The molecule has 0 fully saturated rings. The second-order valence-corrected chi connectivity index (χ2v) is 4.33. The number of amides is 1. The molecule has 0 unspecified atom stereocenters. The van der Waals surface area contributed by atoms with Crippen LogP contribution in [0.1, 0.15) is 22.8 Å². The third-order valence-corrected chi connectivity index (χ3v) is 2.71. The highest BCUT2D eigenvalue weighted by molar-refractivity contribution is 5.81. The first-order valence-corrected chi connectivity index (χ1v) is 5.86. The van der Waals surface area contributed by atoms with Gasteiger partial charge in [0.2, 0.25) is 5.91 Å². The summed E-state index contributed by atoms with van der Waals surface area (Å²) in [6.45, 7) is 4.83. The van der Waals surface area contributed by atoms with Gasteiger partial charge in [0.1, 0.15) is 5.82 Å². The molecular weight excluding hydrogens is 230 g/mol. The Morgan fingerprint density at radius 3 is 2.56 bits per heavy atom. The zero-order valence-corrected chi connectivity index (χ0v) is 11.3. The van der Waals surface area contributed by atoms with Crippen LogP contribution in [0.5, 0.6) is 0 Å². The quantitative estimate of drug-likeness (QED) is 0.734. The minimum atomic E-state index is 0.0255. The number of carbonyl (C=O) groups excluding carboxylic acids is 2.